The van der Waals surface area contributed by atoms with Crippen molar-refractivity contribution in [3.63, 3.8) is 0 Å². The zero-order chi connectivity index (χ0) is 22.5. The smallest absolute Gasteiger partial charge is 0.321 e. The number of ether oxygens (including phenoxy) is 1. The molecule has 1 aliphatic rings. The van der Waals surface area contributed by atoms with E-state index in [2.05, 4.69) is 0 Å². The minimum atomic E-state index is -4.17. The number of hydrogen-bond donors (Lipinski definition) is 1. The molecule has 0 bridgehead atoms. The normalized spacial score (nSPS) is 19.4. The maximum absolute atomic E-state index is 12.4. The van der Waals surface area contributed by atoms with Crippen molar-refractivity contribution in [1.82, 2.24) is 9.62 Å². The molecule has 30 heavy (non-hydrogen) atoms. The Morgan fingerprint density at radius 1 is 1.30 bits per heavy atom. The van der Waals surface area contributed by atoms with Crippen molar-refractivity contribution in [3.05, 3.63) is 28.3 Å². The lowest BCUT2D eigenvalue weighted by Gasteiger charge is -2.38. The van der Waals surface area contributed by atoms with E-state index < -0.39 is 34.1 Å². The maximum atomic E-state index is 12.4. The van der Waals surface area contributed by atoms with Gasteiger partial charge in [-0.05, 0) is 51.5 Å². The first-order chi connectivity index (χ1) is 14.1. The van der Waals surface area contributed by atoms with E-state index in [1.165, 1.54) is 12.1 Å². The van der Waals surface area contributed by atoms with E-state index in [1.807, 2.05) is 18.6 Å². The Labute approximate surface area is 179 Å². The Morgan fingerprint density at radius 2 is 1.93 bits per heavy atom. The van der Waals surface area contributed by atoms with E-state index in [-0.39, 0.29) is 28.6 Å². The number of nitrogens with one attached hydrogen (secondary N) is 1. The third-order valence-corrected chi connectivity index (χ3v) is 7.09. The van der Waals surface area contributed by atoms with Crippen LogP contribution in [0, 0.1) is 10.1 Å². The summed E-state index contributed by atoms with van der Waals surface area (Å²) in [6, 6.07) is 3.59. The largest absolute Gasteiger partial charge is 0.455 e. The quantitative estimate of drug-likeness (QED) is 0.270. The molecule has 1 amide bonds. The maximum Gasteiger partial charge on any atom is 0.321 e. The summed E-state index contributed by atoms with van der Waals surface area (Å²) in [6.45, 7) is 2.71. The van der Waals surface area contributed by atoms with E-state index in [9.17, 15) is 28.1 Å². The van der Waals surface area contributed by atoms with Crippen molar-refractivity contribution < 1.29 is 27.7 Å². The lowest BCUT2D eigenvalue weighted by molar-refractivity contribution is -0.388. The molecular weight excluding hydrogens is 434 g/mol. The molecule has 2 atom stereocenters. The second-order valence-corrected chi connectivity index (χ2v) is 9.62. The molecule has 12 heteroatoms. The number of nitro benzene ring substituents is 1. The highest BCUT2D eigenvalue weighted by Crippen LogP contribution is 2.29. The van der Waals surface area contributed by atoms with Crippen LogP contribution < -0.4 is 4.72 Å². The van der Waals surface area contributed by atoms with Crippen molar-refractivity contribution in [2.24, 2.45) is 0 Å². The minimum Gasteiger partial charge on any atom is -0.455 e. The number of rotatable bonds is 8. The van der Waals surface area contributed by atoms with Crippen LogP contribution in [-0.4, -0.2) is 61.6 Å². The molecule has 0 aromatic heterocycles. The van der Waals surface area contributed by atoms with Gasteiger partial charge in [-0.25, -0.2) is 8.42 Å². The first kappa shape index (κ1) is 24.1. The van der Waals surface area contributed by atoms with Gasteiger partial charge in [-0.15, -0.1) is 11.8 Å². The van der Waals surface area contributed by atoms with E-state index in [0.29, 0.717) is 4.90 Å². The fourth-order valence-electron chi connectivity index (χ4n) is 3.40. The van der Waals surface area contributed by atoms with Crippen LogP contribution >= 0.6 is 11.8 Å². The molecule has 0 aliphatic carbocycles. The molecule has 1 N–H and O–H groups in total. The number of carbonyl (C=O) groups excluding carboxylic acids is 2. The van der Waals surface area contributed by atoms with Crippen molar-refractivity contribution in [2.45, 2.75) is 55.0 Å². The molecular formula is C18H25N3O7S2. The number of esters is 1. The monoisotopic (exact) mass is 459 g/mol. The molecule has 166 valence electrons. The Bertz CT molecular complexity index is 910. The number of nitro groups is 1. The van der Waals surface area contributed by atoms with Crippen molar-refractivity contribution in [1.29, 1.82) is 0 Å². The number of piperidine rings is 1. The summed E-state index contributed by atoms with van der Waals surface area (Å²) in [5.74, 6) is -1.24. The van der Waals surface area contributed by atoms with Gasteiger partial charge in [0.25, 0.3) is 11.6 Å². The number of thioether (sulfide) groups is 1. The SMILES string of the molecule is CSc1ccc(S(=O)(=O)NCC(=O)OCC(=O)N2[C@H](C)CCC[C@@H]2C)cc1[N+](=O)[O-]. The number of amides is 1. The molecule has 1 aliphatic heterocycles. The highest BCUT2D eigenvalue weighted by atomic mass is 32.2. The molecule has 1 aromatic rings. The Morgan fingerprint density at radius 3 is 2.50 bits per heavy atom. The van der Waals surface area contributed by atoms with Crippen LogP contribution in [0.5, 0.6) is 0 Å². The topological polar surface area (TPSA) is 136 Å². The second-order valence-electron chi connectivity index (χ2n) is 7.01. The molecule has 0 saturated carbocycles. The minimum absolute atomic E-state index is 0.0542. The summed E-state index contributed by atoms with van der Waals surface area (Å²) < 4.78 is 31.7. The second kappa shape index (κ2) is 10.2. The van der Waals surface area contributed by atoms with Gasteiger partial charge in [-0.1, -0.05) is 0 Å². The van der Waals surface area contributed by atoms with Crippen LogP contribution in [0.1, 0.15) is 33.1 Å². The number of benzene rings is 1. The van der Waals surface area contributed by atoms with E-state index in [1.54, 1.807) is 11.2 Å². The van der Waals surface area contributed by atoms with E-state index in [0.717, 1.165) is 37.1 Å². The highest BCUT2D eigenvalue weighted by molar-refractivity contribution is 7.98. The first-order valence-corrected chi connectivity index (χ1v) is 12.1. The van der Waals surface area contributed by atoms with Crippen LogP contribution in [-0.2, 0) is 24.3 Å². The number of hydrogen-bond acceptors (Lipinski definition) is 8. The van der Waals surface area contributed by atoms with Gasteiger partial charge in [-0.2, -0.15) is 4.72 Å². The summed E-state index contributed by atoms with van der Waals surface area (Å²) in [6.07, 6.45) is 4.43. The fraction of sp³-hybridized carbons (Fsp3) is 0.556. The zero-order valence-corrected chi connectivity index (χ0v) is 18.6. The number of likely N-dealkylation sites (tertiary alicyclic amines) is 1. The van der Waals surface area contributed by atoms with Crippen LogP contribution in [0.15, 0.2) is 28.0 Å². The average Bonchev–Trinajstić information content (AvgIpc) is 2.70. The third-order valence-electron chi connectivity index (χ3n) is 4.90. The van der Waals surface area contributed by atoms with Crippen LogP contribution in [0.3, 0.4) is 0 Å². The van der Waals surface area contributed by atoms with Crippen molar-refractivity contribution in [2.75, 3.05) is 19.4 Å². The first-order valence-electron chi connectivity index (χ1n) is 9.35. The summed E-state index contributed by atoms with van der Waals surface area (Å²) in [7, 11) is -4.17. The van der Waals surface area contributed by atoms with Crippen molar-refractivity contribution >= 4 is 39.3 Å². The van der Waals surface area contributed by atoms with Gasteiger partial charge in [0.15, 0.2) is 6.61 Å². The van der Waals surface area contributed by atoms with E-state index >= 15 is 0 Å². The number of carbonyl (C=O) groups is 2. The van der Waals surface area contributed by atoms with Gasteiger partial charge < -0.3 is 9.64 Å². The zero-order valence-electron chi connectivity index (χ0n) is 17.0. The molecule has 1 saturated heterocycles. The number of nitrogens with zero attached hydrogens (tertiary/aromatic N) is 2. The molecule has 0 radical (unpaired) electrons. The fourth-order valence-corrected chi connectivity index (χ4v) is 4.93. The van der Waals surface area contributed by atoms with Crippen LogP contribution in [0.2, 0.25) is 0 Å². The number of sulfonamides is 1. The van der Waals surface area contributed by atoms with Crippen LogP contribution in [0.25, 0.3) is 0 Å². The van der Waals surface area contributed by atoms with Gasteiger partial charge in [0.1, 0.15) is 6.54 Å². The van der Waals surface area contributed by atoms with E-state index in [4.69, 9.17) is 4.74 Å². The predicted octanol–water partition coefficient (Wildman–Crippen LogP) is 1.93. The highest BCUT2D eigenvalue weighted by Gasteiger charge is 2.29. The molecule has 1 aromatic carbocycles. The Kier molecular flexibility index (Phi) is 8.21. The summed E-state index contributed by atoms with van der Waals surface area (Å²) in [5.41, 5.74) is -0.344. The predicted molar refractivity (Wildman–Crippen MR) is 111 cm³/mol. The lowest BCUT2D eigenvalue weighted by atomic mass is 9.97. The molecule has 0 unspecified atom stereocenters. The lowest BCUT2D eigenvalue weighted by Crippen LogP contribution is -2.49. The van der Waals surface area contributed by atoms with Gasteiger partial charge in [0.05, 0.1) is 14.7 Å². The summed E-state index contributed by atoms with van der Waals surface area (Å²) in [4.78, 5) is 36.4. The molecule has 1 heterocycles. The standard InChI is InChI=1S/C18H25N3O7S2/c1-12-5-4-6-13(2)20(12)17(22)11-28-18(23)10-19-30(26,27)14-7-8-16(29-3)15(9-14)21(24)25/h7-9,12-13,19H,4-6,10-11H2,1-3H3/t12-,13+. The van der Waals surface area contributed by atoms with Gasteiger partial charge in [0.2, 0.25) is 10.0 Å². The Hall–Kier alpha value is -2.18. The van der Waals surface area contributed by atoms with Gasteiger partial charge in [0, 0.05) is 18.2 Å². The summed E-state index contributed by atoms with van der Waals surface area (Å²) in [5, 5.41) is 11.1. The molecule has 10 nitrogen and oxygen atoms in total. The van der Waals surface area contributed by atoms with Crippen LogP contribution in [0.4, 0.5) is 5.69 Å². The Balaban J connectivity index is 1.94. The van der Waals surface area contributed by atoms with Gasteiger partial charge in [-0.3, -0.25) is 19.7 Å². The molecule has 0 spiro atoms. The van der Waals surface area contributed by atoms with Crippen molar-refractivity contribution in [3.8, 4) is 0 Å². The molecule has 2 rings (SSSR count). The molecule has 1 fully saturated rings. The summed E-state index contributed by atoms with van der Waals surface area (Å²) >= 11 is 1.12. The third kappa shape index (κ3) is 5.92. The average molecular weight is 460 g/mol. The van der Waals surface area contributed by atoms with Gasteiger partial charge >= 0.3 is 5.97 Å².